The number of aliphatic imine (C=N–C) groups is 1. The molecule has 11 amide bonds. The van der Waals surface area contributed by atoms with E-state index in [1.54, 1.807) is 48.5 Å². The number of nitrogens with two attached hydrogens (primary N) is 2. The van der Waals surface area contributed by atoms with Crippen molar-refractivity contribution in [2.45, 2.75) is 176 Å². The Morgan fingerprint density at radius 3 is 1.71 bits per heavy atom. The average Bonchev–Trinajstić information content (AvgIpc) is 3.86. The van der Waals surface area contributed by atoms with Gasteiger partial charge in [0.25, 0.3) is 0 Å². The van der Waals surface area contributed by atoms with Gasteiger partial charge in [0.15, 0.2) is 5.96 Å². The van der Waals surface area contributed by atoms with Crippen LogP contribution in [0.25, 0.3) is 0 Å². The molecular weight excluding hydrogens is 1000 g/mol. The predicted molar refractivity (Wildman–Crippen MR) is 284 cm³/mol. The zero-order valence-electron chi connectivity index (χ0n) is 47.1. The summed E-state index contributed by atoms with van der Waals surface area (Å²) >= 11 is 0. The number of ether oxygens (including phenoxy) is 1. The second kappa shape index (κ2) is 34.5. The van der Waals surface area contributed by atoms with Gasteiger partial charge in [-0.05, 0) is 70.1 Å². The summed E-state index contributed by atoms with van der Waals surface area (Å²) in [6.45, 7) is 16.9. The molecule has 1 heterocycles. The number of esters is 1. The van der Waals surface area contributed by atoms with Crippen LogP contribution < -0.4 is 59.3 Å². The first-order chi connectivity index (χ1) is 36.1. The van der Waals surface area contributed by atoms with Gasteiger partial charge in [0.05, 0.1) is 13.1 Å². The monoisotopic (exact) mass is 1090 g/mol. The molecule has 1 rings (SSSR count). The van der Waals surface area contributed by atoms with Crippen molar-refractivity contribution in [3.63, 3.8) is 0 Å². The Kier molecular flexibility index (Phi) is 30.5. The third-order valence-corrected chi connectivity index (χ3v) is 13.0. The minimum atomic E-state index is -1.69. The topological polar surface area (TPSA) is 393 Å². The molecule has 1 fully saturated rings. The maximum atomic E-state index is 14.5. The molecule has 0 saturated carbocycles. The van der Waals surface area contributed by atoms with Gasteiger partial charge >= 0.3 is 5.97 Å². The van der Waals surface area contributed by atoms with Gasteiger partial charge in [-0.15, -0.1) is 0 Å². The Hall–Kier alpha value is -7.09. The molecule has 27 nitrogen and oxygen atoms in total. The zero-order chi connectivity index (χ0) is 58.7. The van der Waals surface area contributed by atoms with Gasteiger partial charge in [-0.2, -0.15) is 0 Å². The van der Waals surface area contributed by atoms with Gasteiger partial charge in [-0.3, -0.25) is 62.5 Å². The molecule has 0 unspecified atom stereocenters. The Bertz CT molecular complexity index is 2090. The molecule has 0 radical (unpaired) electrons. The highest BCUT2D eigenvalue weighted by Gasteiger charge is 2.41. The van der Waals surface area contributed by atoms with Crippen molar-refractivity contribution in [3.05, 3.63) is 0 Å². The van der Waals surface area contributed by atoms with Crippen molar-refractivity contribution >= 4 is 76.9 Å². The molecule has 0 aromatic heterocycles. The molecule has 1 aliphatic heterocycles. The minimum Gasteiger partial charge on any atom is -0.460 e. The average molecular weight is 1090 g/mol. The molecule has 1 saturated heterocycles. The fourth-order valence-electron chi connectivity index (χ4n) is 8.11. The fourth-order valence-corrected chi connectivity index (χ4v) is 8.11. The Morgan fingerprint density at radius 1 is 0.649 bits per heavy atom. The minimum absolute atomic E-state index is 0.0665. The highest BCUT2D eigenvalue weighted by molar-refractivity contribution is 5.98. The van der Waals surface area contributed by atoms with Crippen LogP contribution in [0, 0.1) is 17.8 Å². The summed E-state index contributed by atoms with van der Waals surface area (Å²) in [5, 5.41) is 23.7. The molecule has 0 spiro atoms. The second-order valence-corrected chi connectivity index (χ2v) is 19.8. The molecule has 77 heavy (non-hydrogen) atoms. The van der Waals surface area contributed by atoms with E-state index in [0.717, 1.165) is 11.8 Å². The lowest BCUT2D eigenvalue weighted by Gasteiger charge is -2.32. The number of carbonyl (C=O) groups excluding carboxylic acids is 12. The van der Waals surface area contributed by atoms with Crippen molar-refractivity contribution in [2.75, 3.05) is 46.3 Å². The third kappa shape index (κ3) is 24.2. The summed E-state index contributed by atoms with van der Waals surface area (Å²) in [7, 11) is 1.41. The number of carbonyl (C=O) groups is 12. The molecule has 436 valence electrons. The lowest BCUT2D eigenvalue weighted by atomic mass is 9.95. The zero-order valence-corrected chi connectivity index (χ0v) is 47.1. The van der Waals surface area contributed by atoms with E-state index in [-0.39, 0.29) is 75.5 Å². The van der Waals surface area contributed by atoms with Crippen molar-refractivity contribution in [2.24, 2.45) is 34.2 Å². The number of nitrogens with one attached hydrogen (secondary N) is 9. The van der Waals surface area contributed by atoms with E-state index in [1.807, 2.05) is 0 Å². The molecule has 10 atom stereocenters. The number of likely N-dealkylation sites (N-methyl/N-ethyl adjacent to an activating group) is 2. The van der Waals surface area contributed by atoms with E-state index < -0.39 is 126 Å². The summed E-state index contributed by atoms with van der Waals surface area (Å²) in [6, 6.07) is -8.91. The number of guanidine groups is 1. The number of amides is 11. The fraction of sp³-hybridized carbons (Fsp3) is 0.740. The number of nitrogens with zero attached hydrogens (tertiary/aromatic N) is 3. The summed E-state index contributed by atoms with van der Waals surface area (Å²) in [5.74, 6) is -9.86. The van der Waals surface area contributed by atoms with E-state index in [4.69, 9.17) is 16.2 Å². The second-order valence-electron chi connectivity index (χ2n) is 19.8. The van der Waals surface area contributed by atoms with Crippen molar-refractivity contribution in [1.29, 1.82) is 0 Å². The van der Waals surface area contributed by atoms with Crippen LogP contribution in [0.2, 0.25) is 0 Å². The first kappa shape index (κ1) is 67.9. The maximum absolute atomic E-state index is 14.5. The molecule has 0 aromatic rings. The van der Waals surface area contributed by atoms with E-state index in [2.05, 4.69) is 52.8 Å². The lowest BCUT2D eigenvalue weighted by molar-refractivity contribution is -0.150. The Balaban J connectivity index is 3.60. The van der Waals surface area contributed by atoms with Crippen molar-refractivity contribution in [3.8, 4) is 0 Å². The summed E-state index contributed by atoms with van der Waals surface area (Å²) in [5.41, 5.74) is 11.0. The quantitative estimate of drug-likeness (QED) is 0.0138. The molecule has 0 aromatic carbocycles. The largest absolute Gasteiger partial charge is 0.460 e. The van der Waals surface area contributed by atoms with E-state index >= 15 is 0 Å². The summed E-state index contributed by atoms with van der Waals surface area (Å²) in [6.07, 6.45) is 0.620. The van der Waals surface area contributed by atoms with Crippen LogP contribution >= 0.6 is 0 Å². The standard InChI is InChI=1S/C50H88N14O13/c1-13-28(6)40(46(73)58-35(20-17-23-55-50(51)52)49(76)64-24-18-21-36(64)44(71)53-15-3)60-43(70)34(19-16-22-54-31(9)65)57-48(75)42(30(8)77-33(11)67)62-47(74)41(29(7)14-2)61-45(72)39(27(4)5)59-37(68)25-56-38(69)26-63(12)32(10)66/h27-30,34-36,39-42H,13-26H2,1-12H3,(H,53,71)(H,54,65)(H,56,69)(H,57,75)(H,58,73)(H,59,68)(H,60,70)(H,61,72)(H,62,74)(H4,51,52,55)/t28-,29-,30+,34-,35-,36-,39-,40-,41+,42-/m0/s1. The van der Waals surface area contributed by atoms with Gasteiger partial charge in [0, 0.05) is 54.0 Å². The van der Waals surface area contributed by atoms with E-state index in [9.17, 15) is 57.5 Å². The predicted octanol–water partition coefficient (Wildman–Crippen LogP) is -2.71. The highest BCUT2D eigenvalue weighted by Crippen LogP contribution is 2.21. The summed E-state index contributed by atoms with van der Waals surface area (Å²) < 4.78 is 5.38. The number of likely N-dealkylation sites (tertiary alicyclic amines) is 1. The van der Waals surface area contributed by atoms with Gasteiger partial charge in [0.1, 0.15) is 48.4 Å². The molecule has 27 heteroatoms. The van der Waals surface area contributed by atoms with Crippen LogP contribution in [0.3, 0.4) is 0 Å². The van der Waals surface area contributed by atoms with Crippen LogP contribution in [-0.4, -0.2) is 181 Å². The SMILES string of the molecule is CCNC(=O)[C@@H]1CCCN1C(=O)[C@H](CCCN=C(N)N)NC(=O)[C@@H](NC(=O)[C@H](CCCNC(C)=O)NC(=O)[C@@H](NC(=O)[C@H](NC(=O)[C@@H](NC(=O)CNC(=O)CN(C)C(C)=O)C(C)C)[C@@H](C)CC)[C@@H](C)OC(C)=O)[C@@H](C)CC. The number of hydrogen-bond donors (Lipinski definition) is 11. The van der Waals surface area contributed by atoms with Gasteiger partial charge in [-0.1, -0.05) is 54.4 Å². The van der Waals surface area contributed by atoms with Gasteiger partial charge in [-0.25, -0.2) is 0 Å². The van der Waals surface area contributed by atoms with Gasteiger partial charge < -0.3 is 73.9 Å². The first-order valence-corrected chi connectivity index (χ1v) is 26.4. The molecule has 0 aliphatic carbocycles. The van der Waals surface area contributed by atoms with Crippen molar-refractivity contribution in [1.82, 2.24) is 57.7 Å². The smallest absolute Gasteiger partial charge is 0.302 e. The number of rotatable bonds is 33. The van der Waals surface area contributed by atoms with Crippen LogP contribution in [0.15, 0.2) is 4.99 Å². The van der Waals surface area contributed by atoms with Crippen LogP contribution in [-0.2, 0) is 62.3 Å². The van der Waals surface area contributed by atoms with E-state index in [1.165, 1.54) is 32.7 Å². The van der Waals surface area contributed by atoms with Crippen LogP contribution in [0.4, 0.5) is 0 Å². The van der Waals surface area contributed by atoms with Gasteiger partial charge in [0.2, 0.25) is 65.0 Å². The molecular formula is C50H88N14O13. The normalized spacial score (nSPS) is 16.4. The Labute approximate surface area is 452 Å². The molecule has 13 N–H and O–H groups in total. The third-order valence-electron chi connectivity index (χ3n) is 13.0. The molecule has 0 bridgehead atoms. The lowest BCUT2D eigenvalue weighted by Crippen LogP contribution is -2.63. The van der Waals surface area contributed by atoms with Crippen LogP contribution in [0.5, 0.6) is 0 Å². The maximum Gasteiger partial charge on any atom is 0.302 e. The van der Waals surface area contributed by atoms with Crippen LogP contribution in [0.1, 0.15) is 128 Å². The first-order valence-electron chi connectivity index (χ1n) is 26.4. The van der Waals surface area contributed by atoms with Crippen molar-refractivity contribution < 1.29 is 62.3 Å². The Morgan fingerprint density at radius 2 is 1.18 bits per heavy atom. The van der Waals surface area contributed by atoms with E-state index in [0.29, 0.717) is 32.2 Å². The number of hydrogen-bond acceptors (Lipinski definition) is 14. The molecule has 1 aliphatic rings. The highest BCUT2D eigenvalue weighted by atomic mass is 16.5. The summed E-state index contributed by atoms with van der Waals surface area (Å²) in [4.78, 5) is 166.